The van der Waals surface area contributed by atoms with Crippen molar-refractivity contribution in [2.24, 2.45) is 5.73 Å². The number of hydrogen-bond donors (Lipinski definition) is 3. The van der Waals surface area contributed by atoms with Crippen molar-refractivity contribution in [1.29, 1.82) is 0 Å². The number of nitrogens with zero attached hydrogens (tertiary/aromatic N) is 1. The lowest BCUT2D eigenvalue weighted by atomic mass is 9.97. The largest absolute Gasteiger partial charge is 0.493 e. The molecule has 0 fully saturated rings. The molecule has 3 amide bonds. The molecule has 0 saturated carbocycles. The van der Waals surface area contributed by atoms with Crippen LogP contribution in [-0.2, 0) is 17.8 Å². The lowest BCUT2D eigenvalue weighted by Gasteiger charge is -2.31. The van der Waals surface area contributed by atoms with Crippen molar-refractivity contribution >= 4 is 17.6 Å². The van der Waals surface area contributed by atoms with Gasteiger partial charge in [0.25, 0.3) is 0 Å². The second-order valence-corrected chi connectivity index (χ2v) is 7.83. The molecular weight excluding hydrogens is 408 g/mol. The SMILES string of the molecule is COc1cc2c(cc1OC)CN(C(=O)C(N)CCCCNC(=O)Nc1ccccc1)CC2. The predicted molar refractivity (Wildman–Crippen MR) is 124 cm³/mol. The third kappa shape index (κ3) is 6.13. The zero-order valence-corrected chi connectivity index (χ0v) is 18.7. The highest BCUT2D eigenvalue weighted by atomic mass is 16.5. The Morgan fingerprint density at radius 2 is 1.75 bits per heavy atom. The number of nitrogens with two attached hydrogens (primary N) is 1. The highest BCUT2D eigenvalue weighted by Crippen LogP contribution is 2.33. The standard InChI is InChI=1S/C24H32N4O4/c1-31-21-14-17-11-13-28(16-18(17)15-22(21)32-2)23(29)20(25)10-6-7-12-26-24(30)27-19-8-4-3-5-9-19/h3-5,8-9,14-15,20H,6-7,10-13,16,25H2,1-2H3,(H2,26,27,30). The maximum atomic E-state index is 12.8. The maximum absolute atomic E-state index is 12.8. The number of unbranched alkanes of at least 4 members (excludes halogenated alkanes) is 1. The van der Waals surface area contributed by atoms with Gasteiger partial charge in [0.2, 0.25) is 5.91 Å². The number of ether oxygens (including phenoxy) is 2. The molecule has 172 valence electrons. The highest BCUT2D eigenvalue weighted by molar-refractivity contribution is 5.89. The van der Waals surface area contributed by atoms with Crippen LogP contribution < -0.4 is 25.8 Å². The Kier molecular flexibility index (Phi) is 8.33. The quantitative estimate of drug-likeness (QED) is 0.520. The summed E-state index contributed by atoms with van der Waals surface area (Å²) in [5.74, 6) is 1.32. The Morgan fingerprint density at radius 1 is 1.06 bits per heavy atom. The third-order valence-corrected chi connectivity index (χ3v) is 5.61. The van der Waals surface area contributed by atoms with Crippen molar-refractivity contribution in [3.05, 3.63) is 53.6 Å². The van der Waals surface area contributed by atoms with E-state index < -0.39 is 6.04 Å². The Labute approximate surface area is 189 Å². The topological polar surface area (TPSA) is 106 Å². The summed E-state index contributed by atoms with van der Waals surface area (Å²) in [7, 11) is 3.22. The summed E-state index contributed by atoms with van der Waals surface area (Å²) >= 11 is 0. The summed E-state index contributed by atoms with van der Waals surface area (Å²) in [4.78, 5) is 26.5. The highest BCUT2D eigenvalue weighted by Gasteiger charge is 2.26. The lowest BCUT2D eigenvalue weighted by molar-refractivity contribution is -0.133. The molecule has 1 atom stereocenters. The minimum Gasteiger partial charge on any atom is -0.493 e. The zero-order chi connectivity index (χ0) is 22.9. The Balaban J connectivity index is 1.40. The average Bonchev–Trinajstić information content (AvgIpc) is 2.82. The van der Waals surface area contributed by atoms with Gasteiger partial charge >= 0.3 is 6.03 Å². The molecule has 8 nitrogen and oxygen atoms in total. The molecule has 1 aliphatic rings. The number of nitrogens with one attached hydrogen (secondary N) is 2. The summed E-state index contributed by atoms with van der Waals surface area (Å²) < 4.78 is 10.8. The van der Waals surface area contributed by atoms with Crippen molar-refractivity contribution in [1.82, 2.24) is 10.2 Å². The van der Waals surface area contributed by atoms with Gasteiger partial charge in [0.15, 0.2) is 11.5 Å². The van der Waals surface area contributed by atoms with Gasteiger partial charge in [0, 0.05) is 25.3 Å². The molecule has 0 aromatic heterocycles. The van der Waals surface area contributed by atoms with E-state index in [1.165, 1.54) is 5.56 Å². The minimum absolute atomic E-state index is 0.0415. The number of carbonyl (C=O) groups excluding carboxylic acids is 2. The van der Waals surface area contributed by atoms with Crippen LogP contribution in [0, 0.1) is 0 Å². The fourth-order valence-electron chi connectivity index (χ4n) is 3.82. The molecule has 32 heavy (non-hydrogen) atoms. The van der Waals surface area contributed by atoms with E-state index in [4.69, 9.17) is 15.2 Å². The second-order valence-electron chi connectivity index (χ2n) is 7.83. The van der Waals surface area contributed by atoms with Crippen molar-refractivity contribution in [2.75, 3.05) is 32.6 Å². The molecule has 0 radical (unpaired) electrons. The van der Waals surface area contributed by atoms with Crippen LogP contribution in [0.5, 0.6) is 11.5 Å². The van der Waals surface area contributed by atoms with Gasteiger partial charge in [-0.15, -0.1) is 0 Å². The number of hydrogen-bond acceptors (Lipinski definition) is 5. The van der Waals surface area contributed by atoms with Crippen LogP contribution in [0.2, 0.25) is 0 Å². The summed E-state index contributed by atoms with van der Waals surface area (Å²) in [6.45, 7) is 1.68. The second kappa shape index (κ2) is 11.4. The Morgan fingerprint density at radius 3 is 2.44 bits per heavy atom. The van der Waals surface area contributed by atoms with E-state index in [2.05, 4.69) is 10.6 Å². The van der Waals surface area contributed by atoms with Crippen LogP contribution in [0.15, 0.2) is 42.5 Å². The van der Waals surface area contributed by atoms with Crippen LogP contribution in [0.4, 0.5) is 10.5 Å². The number of anilines is 1. The molecule has 0 aliphatic carbocycles. The molecule has 2 aromatic rings. The van der Waals surface area contributed by atoms with Gasteiger partial charge in [-0.3, -0.25) is 4.79 Å². The van der Waals surface area contributed by atoms with E-state index in [9.17, 15) is 9.59 Å². The molecule has 1 unspecified atom stereocenters. The molecule has 1 heterocycles. The zero-order valence-electron chi connectivity index (χ0n) is 18.7. The van der Waals surface area contributed by atoms with Gasteiger partial charge in [-0.1, -0.05) is 18.2 Å². The number of amides is 3. The number of rotatable bonds is 9. The smallest absolute Gasteiger partial charge is 0.319 e. The molecule has 0 saturated heterocycles. The van der Waals surface area contributed by atoms with E-state index >= 15 is 0 Å². The van der Waals surface area contributed by atoms with E-state index in [1.807, 2.05) is 47.4 Å². The van der Waals surface area contributed by atoms with Crippen LogP contribution in [0.25, 0.3) is 0 Å². The summed E-state index contributed by atoms with van der Waals surface area (Å²) in [5.41, 5.74) is 9.15. The summed E-state index contributed by atoms with van der Waals surface area (Å²) in [6, 6.07) is 12.4. The van der Waals surface area contributed by atoms with Crippen molar-refractivity contribution in [2.45, 2.75) is 38.3 Å². The maximum Gasteiger partial charge on any atom is 0.319 e. The summed E-state index contributed by atoms with van der Waals surface area (Å²) in [6.07, 6.45) is 2.85. The van der Waals surface area contributed by atoms with Crippen LogP contribution >= 0.6 is 0 Å². The number of para-hydroxylation sites is 1. The molecule has 4 N–H and O–H groups in total. The molecule has 0 bridgehead atoms. The number of urea groups is 1. The van der Waals surface area contributed by atoms with Crippen molar-refractivity contribution in [3.8, 4) is 11.5 Å². The predicted octanol–water partition coefficient (Wildman–Crippen LogP) is 2.91. The lowest BCUT2D eigenvalue weighted by Crippen LogP contribution is -2.45. The summed E-state index contributed by atoms with van der Waals surface area (Å²) in [5, 5.41) is 5.59. The van der Waals surface area contributed by atoms with Crippen molar-refractivity contribution < 1.29 is 19.1 Å². The van der Waals surface area contributed by atoms with E-state index in [0.717, 1.165) is 30.5 Å². The van der Waals surface area contributed by atoms with Gasteiger partial charge in [-0.25, -0.2) is 4.79 Å². The van der Waals surface area contributed by atoms with Gasteiger partial charge in [-0.2, -0.15) is 0 Å². The molecule has 1 aliphatic heterocycles. The first-order valence-electron chi connectivity index (χ1n) is 10.9. The van der Waals surface area contributed by atoms with Crippen LogP contribution in [-0.4, -0.2) is 50.2 Å². The molecule has 2 aromatic carbocycles. The third-order valence-electron chi connectivity index (χ3n) is 5.61. The number of methoxy groups -OCH3 is 2. The first kappa shape index (κ1) is 23.4. The van der Waals surface area contributed by atoms with E-state index in [0.29, 0.717) is 37.6 Å². The van der Waals surface area contributed by atoms with Gasteiger partial charge < -0.3 is 30.7 Å². The van der Waals surface area contributed by atoms with Gasteiger partial charge in [-0.05, 0) is 61.1 Å². The van der Waals surface area contributed by atoms with Crippen molar-refractivity contribution in [3.63, 3.8) is 0 Å². The van der Waals surface area contributed by atoms with Gasteiger partial charge in [0.1, 0.15) is 0 Å². The van der Waals surface area contributed by atoms with Crippen LogP contribution in [0.1, 0.15) is 30.4 Å². The van der Waals surface area contributed by atoms with E-state index in [1.54, 1.807) is 14.2 Å². The molecule has 8 heteroatoms. The monoisotopic (exact) mass is 440 g/mol. The van der Waals surface area contributed by atoms with Crippen LogP contribution in [0.3, 0.4) is 0 Å². The fourth-order valence-corrected chi connectivity index (χ4v) is 3.82. The normalized spacial score (nSPS) is 13.7. The fraction of sp³-hybridized carbons (Fsp3) is 0.417. The first-order chi connectivity index (χ1) is 15.5. The molecular formula is C24H32N4O4. The number of benzene rings is 2. The van der Waals surface area contributed by atoms with E-state index in [-0.39, 0.29) is 11.9 Å². The van der Waals surface area contributed by atoms with Gasteiger partial charge in [0.05, 0.1) is 20.3 Å². The minimum atomic E-state index is -0.546. The number of fused-ring (bicyclic) bond motifs is 1. The molecule has 0 spiro atoms. The first-order valence-corrected chi connectivity index (χ1v) is 10.9. The average molecular weight is 441 g/mol. The molecule has 3 rings (SSSR count). The Bertz CT molecular complexity index is 920. The number of carbonyl (C=O) groups is 2. The Hall–Kier alpha value is -3.26.